The van der Waals surface area contributed by atoms with E-state index in [0.717, 1.165) is 16.4 Å². The summed E-state index contributed by atoms with van der Waals surface area (Å²) < 4.78 is 19.1. The molecular weight excluding hydrogens is 417 g/mol. The first-order valence-corrected chi connectivity index (χ1v) is 10.0. The highest BCUT2D eigenvalue weighted by Gasteiger charge is 2.13. The quantitative estimate of drug-likeness (QED) is 0.362. The normalized spacial score (nSPS) is 10.1. The minimum absolute atomic E-state index is 0.349. The Bertz CT molecular complexity index is 1280. The van der Waals surface area contributed by atoms with Crippen molar-refractivity contribution in [1.82, 2.24) is 24.9 Å². The van der Waals surface area contributed by atoms with Crippen LogP contribution in [0.1, 0.15) is 13.8 Å². The number of nitrogens with zero attached hydrogens (tertiary/aromatic N) is 4. The van der Waals surface area contributed by atoms with Gasteiger partial charge in [0, 0.05) is 40.0 Å². The average Bonchev–Trinajstić information content (AvgIpc) is 3.31. The largest absolute Gasteiger partial charge is 0.467 e. The zero-order valence-corrected chi connectivity index (χ0v) is 18.1. The molecule has 5 aromatic rings. The average molecular weight is 438 g/mol. The summed E-state index contributed by atoms with van der Waals surface area (Å²) in [7, 11) is 1.54. The third kappa shape index (κ3) is 4.95. The summed E-state index contributed by atoms with van der Waals surface area (Å²) in [6.07, 6.45) is 6.52. The number of hydrogen-bond donors (Lipinski definition) is 1. The molecule has 0 aliphatic carbocycles. The number of imidazole rings is 1. The van der Waals surface area contributed by atoms with Gasteiger partial charge in [0.2, 0.25) is 0 Å². The number of nitrogens with one attached hydrogen (secondary N) is 1. The molecule has 0 radical (unpaired) electrons. The van der Waals surface area contributed by atoms with Gasteiger partial charge < -0.3 is 9.72 Å². The maximum absolute atomic E-state index is 14.4. The minimum Gasteiger partial charge on any atom is -0.467 e. The van der Waals surface area contributed by atoms with Crippen LogP contribution < -0.4 is 4.74 Å². The van der Waals surface area contributed by atoms with Crippen LogP contribution in [-0.4, -0.2) is 32.0 Å². The van der Waals surface area contributed by atoms with Crippen LogP contribution in [0.5, 0.6) is 6.01 Å². The molecule has 6 nitrogen and oxygen atoms in total. The molecule has 0 fully saturated rings. The van der Waals surface area contributed by atoms with E-state index in [1.807, 2.05) is 26.0 Å². The van der Waals surface area contributed by atoms with Crippen LogP contribution in [0.4, 0.5) is 4.39 Å². The van der Waals surface area contributed by atoms with E-state index in [1.165, 1.54) is 13.2 Å². The van der Waals surface area contributed by atoms with Crippen LogP contribution in [0.15, 0.2) is 67.4 Å². The molecule has 3 aromatic heterocycles. The number of aromatic amines is 1. The summed E-state index contributed by atoms with van der Waals surface area (Å²) >= 11 is 6.17. The molecule has 0 saturated carbocycles. The predicted octanol–water partition coefficient (Wildman–Crippen LogP) is 6.08. The van der Waals surface area contributed by atoms with Gasteiger partial charge in [-0.2, -0.15) is 0 Å². The van der Waals surface area contributed by atoms with E-state index in [4.69, 9.17) is 16.3 Å². The molecule has 1 N–H and O–H groups in total. The van der Waals surface area contributed by atoms with Crippen molar-refractivity contribution in [2.45, 2.75) is 13.8 Å². The monoisotopic (exact) mass is 437 g/mol. The van der Waals surface area contributed by atoms with E-state index in [9.17, 15) is 4.39 Å². The molecule has 0 aliphatic heterocycles. The molecular formula is C23H21ClFN5O. The van der Waals surface area contributed by atoms with Gasteiger partial charge in [0.1, 0.15) is 5.82 Å². The van der Waals surface area contributed by atoms with Gasteiger partial charge in [0.25, 0.3) is 0 Å². The summed E-state index contributed by atoms with van der Waals surface area (Å²) in [5.74, 6) is -0.349. The van der Waals surface area contributed by atoms with Gasteiger partial charge in [-0.1, -0.05) is 43.6 Å². The number of aromatic nitrogens is 5. The summed E-state index contributed by atoms with van der Waals surface area (Å²) in [4.78, 5) is 19.1. The molecule has 5 rings (SSSR count). The Hall–Kier alpha value is -3.58. The zero-order valence-electron chi connectivity index (χ0n) is 17.3. The smallest absolute Gasteiger partial charge is 0.315 e. The number of fused-ring (bicyclic) bond motifs is 3. The second kappa shape index (κ2) is 10.4. The molecule has 0 spiro atoms. The fourth-order valence-corrected chi connectivity index (χ4v) is 3.13. The number of rotatable bonds is 2. The second-order valence-corrected chi connectivity index (χ2v) is 6.39. The van der Waals surface area contributed by atoms with Crippen molar-refractivity contribution in [3.8, 4) is 17.1 Å². The van der Waals surface area contributed by atoms with Crippen molar-refractivity contribution in [2.75, 3.05) is 7.11 Å². The Morgan fingerprint density at radius 2 is 1.68 bits per heavy atom. The first-order chi connectivity index (χ1) is 15.2. The first kappa shape index (κ1) is 22.1. The van der Waals surface area contributed by atoms with E-state index < -0.39 is 0 Å². The number of halogens is 2. The van der Waals surface area contributed by atoms with Crippen LogP contribution in [0, 0.1) is 5.82 Å². The Morgan fingerprint density at radius 3 is 2.35 bits per heavy atom. The van der Waals surface area contributed by atoms with Crippen molar-refractivity contribution >= 4 is 33.5 Å². The topological polar surface area (TPSA) is 76.6 Å². The molecule has 3 heterocycles. The van der Waals surface area contributed by atoms with Crippen LogP contribution in [-0.2, 0) is 0 Å². The Labute approximate surface area is 184 Å². The highest BCUT2D eigenvalue weighted by Crippen LogP contribution is 2.33. The number of benzene rings is 2. The standard InChI is InChI=1S/C16H9ClFN3.C5H6N2O.C2H6/c17-12-4-2-1-3-9(12)10-5-11-14(6-13(10)18)19-7-15-16(11)21-8-20-15;1-8-5-6-3-2-4-7-5;1-2/h1-8H,(H,20,21);2-4H,1H3;1-2H3. The van der Waals surface area contributed by atoms with E-state index in [1.54, 1.807) is 49.2 Å². The summed E-state index contributed by atoms with van der Waals surface area (Å²) in [5.41, 5.74) is 3.27. The Kier molecular flexibility index (Phi) is 7.45. The fourth-order valence-electron chi connectivity index (χ4n) is 2.89. The summed E-state index contributed by atoms with van der Waals surface area (Å²) in [6, 6.07) is 12.5. The van der Waals surface area contributed by atoms with Gasteiger partial charge in [-0.25, -0.2) is 19.3 Å². The van der Waals surface area contributed by atoms with Gasteiger partial charge in [-0.15, -0.1) is 0 Å². The lowest BCUT2D eigenvalue weighted by Gasteiger charge is -2.08. The number of pyridine rings is 1. The van der Waals surface area contributed by atoms with Gasteiger partial charge in [0.05, 0.1) is 36.2 Å². The molecule has 0 unspecified atom stereocenters. The molecule has 8 heteroatoms. The third-order valence-corrected chi connectivity index (χ3v) is 4.56. The lowest BCUT2D eigenvalue weighted by atomic mass is 10.0. The van der Waals surface area contributed by atoms with Crippen LogP contribution in [0.25, 0.3) is 33.1 Å². The van der Waals surface area contributed by atoms with Crippen molar-refractivity contribution in [3.63, 3.8) is 0 Å². The van der Waals surface area contributed by atoms with Crippen LogP contribution in [0.3, 0.4) is 0 Å². The van der Waals surface area contributed by atoms with Gasteiger partial charge in [-0.3, -0.25) is 4.98 Å². The van der Waals surface area contributed by atoms with Crippen LogP contribution in [0.2, 0.25) is 5.02 Å². The van der Waals surface area contributed by atoms with E-state index >= 15 is 0 Å². The van der Waals surface area contributed by atoms with Crippen molar-refractivity contribution in [3.05, 3.63) is 78.2 Å². The molecule has 0 saturated heterocycles. The third-order valence-electron chi connectivity index (χ3n) is 4.23. The molecule has 0 atom stereocenters. The Morgan fingerprint density at radius 1 is 0.935 bits per heavy atom. The molecule has 0 bridgehead atoms. The molecule has 31 heavy (non-hydrogen) atoms. The maximum Gasteiger partial charge on any atom is 0.315 e. The highest BCUT2D eigenvalue weighted by atomic mass is 35.5. The second-order valence-electron chi connectivity index (χ2n) is 5.99. The van der Waals surface area contributed by atoms with Crippen LogP contribution >= 0.6 is 11.6 Å². The fraction of sp³-hybridized carbons (Fsp3) is 0.130. The first-order valence-electron chi connectivity index (χ1n) is 9.64. The molecule has 0 aliphatic rings. The minimum atomic E-state index is -0.349. The van der Waals surface area contributed by atoms with Crippen molar-refractivity contribution in [2.24, 2.45) is 0 Å². The summed E-state index contributed by atoms with van der Waals surface area (Å²) in [6.45, 7) is 4.00. The molecule has 2 aromatic carbocycles. The van der Waals surface area contributed by atoms with Gasteiger partial charge in [-0.05, 0) is 18.2 Å². The molecule has 0 amide bonds. The summed E-state index contributed by atoms with van der Waals surface area (Å²) in [5, 5.41) is 1.31. The predicted molar refractivity (Wildman–Crippen MR) is 122 cm³/mol. The lowest BCUT2D eigenvalue weighted by Crippen LogP contribution is -1.89. The number of H-pyrrole nitrogens is 1. The number of ether oxygens (including phenoxy) is 1. The van der Waals surface area contributed by atoms with E-state index in [2.05, 4.69) is 24.9 Å². The van der Waals surface area contributed by atoms with Gasteiger partial charge in [0.15, 0.2) is 0 Å². The van der Waals surface area contributed by atoms with E-state index in [-0.39, 0.29) is 5.82 Å². The van der Waals surface area contributed by atoms with Crippen molar-refractivity contribution < 1.29 is 9.13 Å². The van der Waals surface area contributed by atoms with E-state index in [0.29, 0.717) is 27.7 Å². The number of hydrogen-bond acceptors (Lipinski definition) is 5. The van der Waals surface area contributed by atoms with Gasteiger partial charge >= 0.3 is 6.01 Å². The SMILES string of the molecule is CC.COc1ncccn1.Fc1cc2ncc3[nH]cnc3c2cc1-c1ccccc1Cl. The maximum atomic E-state index is 14.4. The zero-order chi connectivity index (χ0) is 22.2. The Balaban J connectivity index is 0.000000230. The lowest BCUT2D eigenvalue weighted by molar-refractivity contribution is 0.379. The number of methoxy groups -OCH3 is 1. The van der Waals surface area contributed by atoms with Crippen molar-refractivity contribution in [1.29, 1.82) is 0 Å². The molecule has 158 valence electrons. The highest BCUT2D eigenvalue weighted by molar-refractivity contribution is 6.33.